The molecule has 19 heavy (non-hydrogen) atoms. The summed E-state index contributed by atoms with van der Waals surface area (Å²) in [4.78, 5) is 23.1. The molecular formula is C12H20N4O3. The smallest absolute Gasteiger partial charge is 0.319 e. The van der Waals surface area contributed by atoms with Crippen LogP contribution in [0.2, 0.25) is 0 Å². The highest BCUT2D eigenvalue weighted by Gasteiger charge is 2.44. The van der Waals surface area contributed by atoms with Crippen LogP contribution < -0.4 is 10.6 Å². The van der Waals surface area contributed by atoms with Gasteiger partial charge in [0.1, 0.15) is 0 Å². The maximum atomic E-state index is 11.9. The first kappa shape index (κ1) is 15.0. The highest BCUT2D eigenvalue weighted by molar-refractivity contribution is 5.90. The van der Waals surface area contributed by atoms with Gasteiger partial charge in [0.2, 0.25) is 0 Å². The summed E-state index contributed by atoms with van der Waals surface area (Å²) in [6, 6.07) is -0.465. The van der Waals surface area contributed by atoms with Gasteiger partial charge in [-0.05, 0) is 27.7 Å². The zero-order valence-electron chi connectivity index (χ0n) is 11.8. The fourth-order valence-electron chi connectivity index (χ4n) is 1.36. The highest BCUT2D eigenvalue weighted by atomic mass is 16.4. The van der Waals surface area contributed by atoms with Gasteiger partial charge < -0.3 is 15.7 Å². The Kier molecular flexibility index (Phi) is 3.88. The van der Waals surface area contributed by atoms with Gasteiger partial charge >= 0.3 is 12.0 Å². The molecule has 0 aromatic carbocycles. The van der Waals surface area contributed by atoms with Gasteiger partial charge in [0.15, 0.2) is 0 Å². The van der Waals surface area contributed by atoms with Crippen molar-refractivity contribution in [1.82, 2.24) is 15.1 Å². The summed E-state index contributed by atoms with van der Waals surface area (Å²) in [6.45, 7) is 6.48. The molecule has 1 heterocycles. The number of carbonyl (C=O) groups excluding carboxylic acids is 1. The van der Waals surface area contributed by atoms with E-state index in [-0.39, 0.29) is 0 Å². The van der Waals surface area contributed by atoms with Crippen molar-refractivity contribution in [1.29, 1.82) is 0 Å². The van der Waals surface area contributed by atoms with Crippen molar-refractivity contribution in [2.75, 3.05) is 5.32 Å². The van der Waals surface area contributed by atoms with Crippen LogP contribution in [0.1, 0.15) is 27.7 Å². The third kappa shape index (κ3) is 3.24. The summed E-state index contributed by atoms with van der Waals surface area (Å²) < 4.78 is 1.56. The van der Waals surface area contributed by atoms with E-state index in [2.05, 4.69) is 15.7 Å². The molecule has 0 fully saturated rings. The number of aromatic nitrogens is 2. The number of carboxylic acids is 1. The monoisotopic (exact) mass is 268 g/mol. The van der Waals surface area contributed by atoms with Crippen molar-refractivity contribution in [3.63, 3.8) is 0 Å². The van der Waals surface area contributed by atoms with Crippen LogP contribution in [0.25, 0.3) is 0 Å². The summed E-state index contributed by atoms with van der Waals surface area (Å²) in [7, 11) is 1.74. The van der Waals surface area contributed by atoms with Gasteiger partial charge in [0, 0.05) is 13.2 Å². The Bertz CT molecular complexity index is 491. The van der Waals surface area contributed by atoms with E-state index in [4.69, 9.17) is 0 Å². The topological polar surface area (TPSA) is 96.2 Å². The molecule has 3 N–H and O–H groups in total. The van der Waals surface area contributed by atoms with Crippen LogP contribution in [-0.2, 0) is 11.8 Å². The summed E-state index contributed by atoms with van der Waals surface area (Å²) in [5.41, 5.74) is -1.46. The van der Waals surface area contributed by atoms with Crippen LogP contribution in [0.3, 0.4) is 0 Å². The molecule has 106 valence electrons. The van der Waals surface area contributed by atoms with Gasteiger partial charge in [0.25, 0.3) is 0 Å². The summed E-state index contributed by atoms with van der Waals surface area (Å²) in [5, 5.41) is 18.4. The molecule has 7 heteroatoms. The van der Waals surface area contributed by atoms with E-state index >= 15 is 0 Å². The second kappa shape index (κ2) is 4.91. The molecule has 0 aliphatic rings. The lowest BCUT2D eigenvalue weighted by atomic mass is 9.74. The molecule has 0 aliphatic carbocycles. The van der Waals surface area contributed by atoms with Crippen molar-refractivity contribution in [3.05, 3.63) is 12.4 Å². The first-order valence-electron chi connectivity index (χ1n) is 5.87. The molecule has 0 radical (unpaired) electrons. The molecule has 0 saturated heterocycles. The molecule has 1 aromatic rings. The summed E-state index contributed by atoms with van der Waals surface area (Å²) in [6.07, 6.45) is 3.16. The molecule has 2 amide bonds. The molecule has 0 spiro atoms. The number of aliphatic carboxylic acids is 1. The van der Waals surface area contributed by atoms with Crippen molar-refractivity contribution in [3.8, 4) is 0 Å². The SMILES string of the molecule is Cn1cc(NC(=O)NC(C)(C)C(C)(C)C(=O)O)cn1. The van der Waals surface area contributed by atoms with Crippen LogP contribution in [0.4, 0.5) is 10.5 Å². The zero-order chi connectivity index (χ0) is 14.8. The number of aryl methyl sites for hydroxylation is 1. The number of amides is 2. The quantitative estimate of drug-likeness (QED) is 0.769. The number of rotatable bonds is 4. The van der Waals surface area contributed by atoms with E-state index in [0.717, 1.165) is 0 Å². The van der Waals surface area contributed by atoms with E-state index in [1.807, 2.05) is 0 Å². The number of nitrogens with one attached hydrogen (secondary N) is 2. The van der Waals surface area contributed by atoms with Crippen LogP contribution >= 0.6 is 0 Å². The molecule has 0 unspecified atom stereocenters. The lowest BCUT2D eigenvalue weighted by Gasteiger charge is -2.38. The first-order chi connectivity index (χ1) is 8.56. The van der Waals surface area contributed by atoms with Crippen molar-refractivity contribution in [2.24, 2.45) is 12.5 Å². The predicted molar refractivity (Wildman–Crippen MR) is 70.9 cm³/mol. The molecular weight excluding hydrogens is 248 g/mol. The summed E-state index contributed by atoms with van der Waals surface area (Å²) >= 11 is 0. The minimum absolute atomic E-state index is 0.465. The van der Waals surface area contributed by atoms with Crippen molar-refractivity contribution < 1.29 is 14.7 Å². The molecule has 0 bridgehead atoms. The van der Waals surface area contributed by atoms with E-state index in [1.165, 1.54) is 6.20 Å². The van der Waals surface area contributed by atoms with Gasteiger partial charge in [0.05, 0.1) is 22.8 Å². The van der Waals surface area contributed by atoms with E-state index in [1.54, 1.807) is 45.6 Å². The third-order valence-corrected chi connectivity index (χ3v) is 3.49. The normalized spacial score (nSPS) is 12.1. The molecule has 0 atom stereocenters. The molecule has 0 aliphatic heterocycles. The van der Waals surface area contributed by atoms with Crippen LogP contribution in [-0.4, -0.2) is 32.4 Å². The second-order valence-corrected chi connectivity index (χ2v) is 5.54. The number of hydrogen-bond donors (Lipinski definition) is 3. The Balaban J connectivity index is 2.73. The van der Waals surface area contributed by atoms with Crippen LogP contribution in [0.5, 0.6) is 0 Å². The minimum atomic E-state index is -1.10. The number of carbonyl (C=O) groups is 2. The Labute approximate surface area is 112 Å². The number of hydrogen-bond acceptors (Lipinski definition) is 3. The average Bonchev–Trinajstić information content (AvgIpc) is 2.62. The van der Waals surface area contributed by atoms with Gasteiger partial charge in [-0.15, -0.1) is 0 Å². The van der Waals surface area contributed by atoms with Crippen LogP contribution in [0, 0.1) is 5.41 Å². The van der Waals surface area contributed by atoms with Gasteiger partial charge in [-0.2, -0.15) is 5.10 Å². The van der Waals surface area contributed by atoms with E-state index in [9.17, 15) is 14.7 Å². The Morgan fingerprint density at radius 1 is 1.32 bits per heavy atom. The van der Waals surface area contributed by atoms with Gasteiger partial charge in [-0.3, -0.25) is 9.48 Å². The standard InChI is InChI=1S/C12H20N4O3/c1-11(2,9(17)18)12(3,4)15-10(19)14-8-6-13-16(5)7-8/h6-7H,1-5H3,(H,17,18)(H2,14,15,19). The molecule has 1 rings (SSSR count). The van der Waals surface area contributed by atoms with Crippen LogP contribution in [0.15, 0.2) is 12.4 Å². The fourth-order valence-corrected chi connectivity index (χ4v) is 1.36. The third-order valence-electron chi connectivity index (χ3n) is 3.49. The molecule has 7 nitrogen and oxygen atoms in total. The highest BCUT2D eigenvalue weighted by Crippen LogP contribution is 2.30. The minimum Gasteiger partial charge on any atom is -0.481 e. The maximum absolute atomic E-state index is 11.9. The van der Waals surface area contributed by atoms with Gasteiger partial charge in [-0.1, -0.05) is 0 Å². The maximum Gasteiger partial charge on any atom is 0.319 e. The number of urea groups is 1. The molecule has 0 saturated carbocycles. The fraction of sp³-hybridized carbons (Fsp3) is 0.583. The first-order valence-corrected chi connectivity index (χ1v) is 5.87. The average molecular weight is 268 g/mol. The zero-order valence-corrected chi connectivity index (χ0v) is 11.8. The van der Waals surface area contributed by atoms with Crippen molar-refractivity contribution in [2.45, 2.75) is 33.2 Å². The largest absolute Gasteiger partial charge is 0.481 e. The predicted octanol–water partition coefficient (Wildman–Crippen LogP) is 1.43. The van der Waals surface area contributed by atoms with Gasteiger partial charge in [-0.25, -0.2) is 4.79 Å². The lowest BCUT2D eigenvalue weighted by molar-refractivity contribution is -0.150. The van der Waals surface area contributed by atoms with E-state index < -0.39 is 23.0 Å². The number of nitrogens with zero attached hydrogens (tertiary/aromatic N) is 2. The molecule has 1 aromatic heterocycles. The second-order valence-electron chi connectivity index (χ2n) is 5.54. The summed E-state index contributed by atoms with van der Waals surface area (Å²) in [5.74, 6) is -0.973. The Morgan fingerprint density at radius 2 is 1.89 bits per heavy atom. The number of carboxylic acid groups (broad SMARTS) is 1. The Hall–Kier alpha value is -2.05. The Morgan fingerprint density at radius 3 is 2.32 bits per heavy atom. The van der Waals surface area contributed by atoms with E-state index in [0.29, 0.717) is 5.69 Å². The number of anilines is 1. The lowest BCUT2D eigenvalue weighted by Crippen LogP contribution is -2.57. The van der Waals surface area contributed by atoms with Crippen molar-refractivity contribution >= 4 is 17.7 Å².